The zero-order valence-corrected chi connectivity index (χ0v) is 50.6. The van der Waals surface area contributed by atoms with Gasteiger partial charge in [-0.25, -0.2) is 0 Å². The van der Waals surface area contributed by atoms with Crippen LogP contribution in [0.3, 0.4) is 0 Å². The molecule has 0 atom stereocenters. The van der Waals surface area contributed by atoms with Crippen LogP contribution >= 0.6 is 0 Å². The van der Waals surface area contributed by atoms with Gasteiger partial charge in [0.2, 0.25) is 0 Å². The van der Waals surface area contributed by atoms with E-state index in [-0.39, 0.29) is 0 Å². The second kappa shape index (κ2) is 22.2. The molecule has 2 nitrogen and oxygen atoms in total. The van der Waals surface area contributed by atoms with Gasteiger partial charge in [0.25, 0.3) is 0 Å². The van der Waals surface area contributed by atoms with Crippen LogP contribution < -0.4 is 9.80 Å². The Morgan fingerprint density at radius 2 is 0.609 bits per heavy atom. The second-order valence-electron chi connectivity index (χ2n) is 27.1. The third-order valence-corrected chi connectivity index (χ3v) is 22.4. The van der Waals surface area contributed by atoms with Crippen molar-refractivity contribution in [2.24, 2.45) is 0 Å². The van der Waals surface area contributed by atoms with E-state index in [4.69, 9.17) is 0 Å². The smallest absolute Gasteiger partial charge is 0.0737 e. The summed E-state index contributed by atoms with van der Waals surface area (Å²) in [6.45, 7) is 0. The number of rotatable bonds is 10. The molecule has 6 aliphatic rings. The number of hydrogen-bond acceptors (Lipinski definition) is 2. The Bertz CT molecular complexity index is 4180. The van der Waals surface area contributed by atoms with Crippen molar-refractivity contribution in [1.82, 2.24) is 0 Å². The van der Waals surface area contributed by atoms with E-state index in [1.165, 1.54) is 262 Å². The molecule has 0 aromatic heterocycles. The lowest BCUT2D eigenvalue weighted by Gasteiger charge is -2.34. The third-order valence-electron chi connectivity index (χ3n) is 22.4. The molecule has 0 unspecified atom stereocenters. The molecule has 430 valence electrons. The fourth-order valence-corrected chi connectivity index (χ4v) is 18.2. The first kappa shape index (κ1) is 53.1. The minimum absolute atomic E-state index is 0.614. The first-order valence-electron chi connectivity index (χ1n) is 33.9. The van der Waals surface area contributed by atoms with Crippen LogP contribution in [0.25, 0.3) is 54.6 Å². The van der Waals surface area contributed by atoms with Crippen molar-refractivity contribution in [2.75, 3.05) is 9.80 Å². The van der Waals surface area contributed by atoms with Crippen molar-refractivity contribution in [2.45, 2.75) is 158 Å². The topological polar surface area (TPSA) is 6.48 Å². The van der Waals surface area contributed by atoms with E-state index in [1.54, 1.807) is 0 Å². The van der Waals surface area contributed by atoms with E-state index in [9.17, 15) is 0 Å². The Morgan fingerprint density at radius 1 is 0.253 bits per heavy atom. The summed E-state index contributed by atoms with van der Waals surface area (Å²) in [5.74, 6) is 2.58. The van der Waals surface area contributed by atoms with Gasteiger partial charge in [-0.1, -0.05) is 229 Å². The molecule has 0 aliphatic heterocycles. The maximum absolute atomic E-state index is 2.64. The summed E-state index contributed by atoms with van der Waals surface area (Å²) in [6, 6.07) is 87.1. The predicted molar refractivity (Wildman–Crippen MR) is 368 cm³/mol. The van der Waals surface area contributed by atoms with Crippen LogP contribution in [0.15, 0.2) is 218 Å². The second-order valence-corrected chi connectivity index (χ2v) is 27.1. The van der Waals surface area contributed by atoms with Gasteiger partial charge in [0, 0.05) is 33.8 Å². The number of hydrogen-bond donors (Lipinski definition) is 0. The Labute approximate surface area is 515 Å². The number of nitrogens with zero attached hydrogens (tertiary/aromatic N) is 2. The fraction of sp³-hybridized carbons (Fsp3) is 0.294. The SMILES string of the molecule is c1ccc2c(c1)-c1ccccc1C21c2c(cc(N(c3ccc(C4CCCCC4)cc3)c3ccc(C4CCCCC4)cc3)c3ccccc23)-c2c1c1ccc(N(c3ccc(C4CCCCC4)cc3)c3ccc(C4CCCCC4)cc3)cc1c1ccccc21. The number of anilines is 6. The Hall–Kier alpha value is -8.20. The molecule has 6 aliphatic carbocycles. The molecule has 4 saturated carbocycles. The molecule has 0 N–H and O–H groups in total. The van der Waals surface area contributed by atoms with E-state index in [0.717, 1.165) is 0 Å². The summed E-state index contributed by atoms with van der Waals surface area (Å²) in [5, 5.41) is 7.78. The molecule has 0 bridgehead atoms. The van der Waals surface area contributed by atoms with E-state index >= 15 is 0 Å². The van der Waals surface area contributed by atoms with Crippen LogP contribution in [0.1, 0.15) is 197 Å². The standard InChI is InChI=1S/C85H80N2/c1-5-21-57(22-6-1)61-37-45-65(46-38-61)86(66-47-39-62(40-48-66)58-23-7-2-8-24-58)69-53-54-76-77(55-69)70-29-13-15-33-74(70)82-78-56-81(73-32-14-16-34-75(73)83(78)85(84(76)82)79-35-19-17-30-71(79)72-31-18-20-36-80(72)85)87(67-49-41-63(42-50-67)59-25-9-3-10-26-59)68-51-43-64(44-52-68)60-27-11-4-12-28-60/h13-20,29-60H,1-12,21-28H2. The van der Waals surface area contributed by atoms with E-state index in [0.29, 0.717) is 23.7 Å². The van der Waals surface area contributed by atoms with Gasteiger partial charge in [0.1, 0.15) is 0 Å². The van der Waals surface area contributed by atoms with Gasteiger partial charge in [-0.3, -0.25) is 0 Å². The van der Waals surface area contributed by atoms with Crippen LogP contribution in [-0.2, 0) is 5.41 Å². The quantitative estimate of drug-likeness (QED) is 0.126. The molecule has 1 spiro atoms. The van der Waals surface area contributed by atoms with Gasteiger partial charge < -0.3 is 9.80 Å². The lowest BCUT2D eigenvalue weighted by atomic mass is 9.68. The van der Waals surface area contributed by atoms with E-state index in [2.05, 4.69) is 228 Å². The molecule has 0 saturated heterocycles. The lowest BCUT2D eigenvalue weighted by Crippen LogP contribution is -2.26. The zero-order chi connectivity index (χ0) is 57.4. The highest BCUT2D eigenvalue weighted by molar-refractivity contribution is 6.23. The van der Waals surface area contributed by atoms with Crippen molar-refractivity contribution in [3.05, 3.63) is 263 Å². The first-order valence-corrected chi connectivity index (χ1v) is 33.9. The molecular weight excluding hydrogens is 1050 g/mol. The van der Waals surface area contributed by atoms with Crippen LogP contribution in [0.4, 0.5) is 34.1 Å². The average molecular weight is 1130 g/mol. The molecule has 0 radical (unpaired) electrons. The largest absolute Gasteiger partial charge is 0.310 e. The molecular formula is C85H80N2. The maximum atomic E-state index is 2.64. The minimum Gasteiger partial charge on any atom is -0.310 e. The monoisotopic (exact) mass is 1130 g/mol. The molecule has 11 aromatic rings. The maximum Gasteiger partial charge on any atom is 0.0737 e. The van der Waals surface area contributed by atoms with Gasteiger partial charge in [-0.2, -0.15) is 0 Å². The molecule has 2 heteroatoms. The highest BCUT2D eigenvalue weighted by atomic mass is 15.1. The molecule has 17 rings (SSSR count). The van der Waals surface area contributed by atoms with Gasteiger partial charge >= 0.3 is 0 Å². The van der Waals surface area contributed by atoms with Crippen LogP contribution in [0, 0.1) is 0 Å². The summed E-state index contributed by atoms with van der Waals surface area (Å²) in [6.07, 6.45) is 26.5. The Kier molecular flexibility index (Phi) is 13.5. The van der Waals surface area contributed by atoms with Crippen molar-refractivity contribution in [1.29, 1.82) is 0 Å². The highest BCUT2D eigenvalue weighted by Gasteiger charge is 2.54. The summed E-state index contributed by atoms with van der Waals surface area (Å²) >= 11 is 0. The Morgan fingerprint density at radius 3 is 1.06 bits per heavy atom. The molecule has 0 amide bonds. The van der Waals surface area contributed by atoms with Crippen LogP contribution in [0.2, 0.25) is 0 Å². The van der Waals surface area contributed by atoms with Gasteiger partial charge in [0.15, 0.2) is 0 Å². The average Bonchev–Trinajstić information content (AvgIpc) is 1.50. The Balaban J connectivity index is 0.910. The number of benzene rings is 11. The van der Waals surface area contributed by atoms with Gasteiger partial charge in [0.05, 0.1) is 11.1 Å². The summed E-state index contributed by atoms with van der Waals surface area (Å²) in [7, 11) is 0. The van der Waals surface area contributed by atoms with Crippen molar-refractivity contribution in [3.8, 4) is 22.3 Å². The van der Waals surface area contributed by atoms with Gasteiger partial charge in [-0.05, 0) is 235 Å². The van der Waals surface area contributed by atoms with Crippen LogP contribution in [-0.4, -0.2) is 0 Å². The van der Waals surface area contributed by atoms with Crippen LogP contribution in [0.5, 0.6) is 0 Å². The number of fused-ring (bicyclic) bond motifs is 17. The summed E-state index contributed by atoms with van der Waals surface area (Å²) in [5.41, 5.74) is 23.5. The van der Waals surface area contributed by atoms with Crippen molar-refractivity contribution < 1.29 is 0 Å². The van der Waals surface area contributed by atoms with E-state index < -0.39 is 5.41 Å². The van der Waals surface area contributed by atoms with Crippen molar-refractivity contribution in [3.63, 3.8) is 0 Å². The lowest BCUT2D eigenvalue weighted by molar-refractivity contribution is 0.443. The van der Waals surface area contributed by atoms with E-state index in [1.807, 2.05) is 0 Å². The normalized spacial score (nSPS) is 17.8. The highest BCUT2D eigenvalue weighted by Crippen LogP contribution is 2.68. The molecule has 87 heavy (non-hydrogen) atoms. The zero-order valence-electron chi connectivity index (χ0n) is 50.6. The summed E-state index contributed by atoms with van der Waals surface area (Å²) in [4.78, 5) is 5.17. The van der Waals surface area contributed by atoms with Gasteiger partial charge in [-0.15, -0.1) is 0 Å². The fourth-order valence-electron chi connectivity index (χ4n) is 18.2. The summed E-state index contributed by atoms with van der Waals surface area (Å²) < 4.78 is 0. The van der Waals surface area contributed by atoms with Crippen molar-refractivity contribution >= 4 is 66.4 Å². The minimum atomic E-state index is -0.614. The predicted octanol–water partition coefficient (Wildman–Crippen LogP) is 24.6. The molecule has 0 heterocycles. The first-order chi connectivity index (χ1) is 43.2. The molecule has 11 aromatic carbocycles. The third kappa shape index (κ3) is 8.85. The molecule has 4 fully saturated rings.